The van der Waals surface area contributed by atoms with Crippen LogP contribution in [0.2, 0.25) is 0 Å². The van der Waals surface area contributed by atoms with Gasteiger partial charge >= 0.3 is 0 Å². The minimum atomic E-state index is -2.83. The summed E-state index contributed by atoms with van der Waals surface area (Å²) in [5.41, 5.74) is 1.98. The van der Waals surface area contributed by atoms with Gasteiger partial charge in [0.05, 0.1) is 25.1 Å². The van der Waals surface area contributed by atoms with Crippen LogP contribution in [0.1, 0.15) is 5.56 Å². The summed E-state index contributed by atoms with van der Waals surface area (Å²) in [6, 6.07) is 7.58. The van der Waals surface area contributed by atoms with Gasteiger partial charge in [-0.05, 0) is 18.5 Å². The predicted octanol–water partition coefficient (Wildman–Crippen LogP) is 2.31. The molecule has 1 aliphatic heterocycles. The highest BCUT2D eigenvalue weighted by Gasteiger charge is 2.46. The monoisotopic (exact) mass is 376 g/mol. The number of halogens is 2. The molecule has 4 rings (SSSR count). The molecule has 0 atom stereocenters. The Hall–Kier alpha value is -2.68. The van der Waals surface area contributed by atoms with E-state index in [0.717, 1.165) is 32.1 Å². The Kier molecular flexibility index (Phi) is 3.83. The van der Waals surface area contributed by atoms with Crippen molar-refractivity contribution in [3.05, 3.63) is 46.5 Å². The van der Waals surface area contributed by atoms with Crippen molar-refractivity contribution < 1.29 is 13.6 Å². The standard InChI is InChI=1S/C17H14F2N4O2S/c1-10-2-4-11(5-3-10)14-13-15(26-21-14)20-9-22(16(13)25)6-12(24)23-7-17(18,19)8-23/h2-5,9H,6-8H2,1H3. The molecule has 0 unspecified atom stereocenters. The van der Waals surface area contributed by atoms with E-state index in [9.17, 15) is 18.4 Å². The molecule has 0 saturated carbocycles. The first-order chi connectivity index (χ1) is 12.3. The largest absolute Gasteiger partial charge is 0.329 e. The highest BCUT2D eigenvalue weighted by atomic mass is 32.1. The first-order valence-electron chi connectivity index (χ1n) is 7.91. The molecule has 1 aromatic carbocycles. The van der Waals surface area contributed by atoms with Crippen LogP contribution in [0.3, 0.4) is 0 Å². The lowest BCUT2D eigenvalue weighted by molar-refractivity contribution is -0.166. The van der Waals surface area contributed by atoms with E-state index in [2.05, 4.69) is 9.36 Å². The van der Waals surface area contributed by atoms with Crippen molar-refractivity contribution in [1.29, 1.82) is 0 Å². The van der Waals surface area contributed by atoms with Gasteiger partial charge in [0.15, 0.2) is 4.83 Å². The molecule has 0 radical (unpaired) electrons. The second kappa shape index (κ2) is 5.94. The van der Waals surface area contributed by atoms with E-state index in [0.29, 0.717) is 15.9 Å². The minimum Gasteiger partial charge on any atom is -0.329 e. The molecular formula is C17H14F2N4O2S. The summed E-state index contributed by atoms with van der Waals surface area (Å²) in [4.78, 5) is 30.6. The van der Waals surface area contributed by atoms with Crippen molar-refractivity contribution in [2.24, 2.45) is 0 Å². The molecule has 1 fully saturated rings. The number of benzene rings is 1. The lowest BCUT2D eigenvalue weighted by atomic mass is 10.1. The Labute approximate surface area is 150 Å². The van der Waals surface area contributed by atoms with Gasteiger partial charge in [0.2, 0.25) is 5.91 Å². The molecule has 3 aromatic rings. The summed E-state index contributed by atoms with van der Waals surface area (Å²) in [6.07, 6.45) is 1.26. The van der Waals surface area contributed by atoms with Gasteiger partial charge in [-0.15, -0.1) is 0 Å². The van der Waals surface area contributed by atoms with Crippen molar-refractivity contribution in [2.45, 2.75) is 19.4 Å². The van der Waals surface area contributed by atoms with E-state index in [1.165, 1.54) is 6.33 Å². The van der Waals surface area contributed by atoms with Crippen LogP contribution in [0.15, 0.2) is 35.4 Å². The summed E-state index contributed by atoms with van der Waals surface area (Å²) in [5.74, 6) is -3.36. The third-order valence-corrected chi connectivity index (χ3v) is 5.05. The third kappa shape index (κ3) is 2.88. The Morgan fingerprint density at radius 1 is 1.27 bits per heavy atom. The summed E-state index contributed by atoms with van der Waals surface area (Å²) in [7, 11) is 0. The molecule has 3 heterocycles. The highest BCUT2D eigenvalue weighted by Crippen LogP contribution is 2.28. The molecule has 0 spiro atoms. The number of carbonyl (C=O) groups is 1. The fourth-order valence-corrected chi connectivity index (χ4v) is 3.58. The van der Waals surface area contributed by atoms with Gasteiger partial charge in [-0.3, -0.25) is 14.2 Å². The molecule has 134 valence electrons. The van der Waals surface area contributed by atoms with Crippen LogP contribution in [0.5, 0.6) is 0 Å². The van der Waals surface area contributed by atoms with Crippen LogP contribution < -0.4 is 5.56 Å². The normalized spacial score (nSPS) is 15.9. The summed E-state index contributed by atoms with van der Waals surface area (Å²) < 4.78 is 31.3. The fourth-order valence-electron chi connectivity index (χ4n) is 2.84. The van der Waals surface area contributed by atoms with Crippen molar-refractivity contribution in [3.63, 3.8) is 0 Å². The zero-order valence-corrected chi connectivity index (χ0v) is 14.6. The number of hydrogen-bond donors (Lipinski definition) is 0. The van der Waals surface area contributed by atoms with Crippen LogP contribution in [0, 0.1) is 6.92 Å². The first kappa shape index (κ1) is 16.8. The molecule has 1 aliphatic rings. The summed E-state index contributed by atoms with van der Waals surface area (Å²) in [5, 5.41) is 0.336. The third-order valence-electron chi connectivity index (χ3n) is 4.29. The molecule has 1 amide bonds. The zero-order valence-electron chi connectivity index (χ0n) is 13.8. The van der Waals surface area contributed by atoms with Crippen LogP contribution in [-0.2, 0) is 11.3 Å². The van der Waals surface area contributed by atoms with Crippen molar-refractivity contribution in [2.75, 3.05) is 13.1 Å². The van der Waals surface area contributed by atoms with Crippen molar-refractivity contribution in [3.8, 4) is 11.3 Å². The van der Waals surface area contributed by atoms with Gasteiger partial charge in [0, 0.05) is 5.56 Å². The smallest absolute Gasteiger partial charge is 0.282 e. The molecule has 0 bridgehead atoms. The lowest BCUT2D eigenvalue weighted by Crippen LogP contribution is -2.59. The molecule has 2 aromatic heterocycles. The van der Waals surface area contributed by atoms with E-state index < -0.39 is 30.5 Å². The van der Waals surface area contributed by atoms with Crippen molar-refractivity contribution in [1.82, 2.24) is 18.8 Å². The number of rotatable bonds is 3. The molecule has 6 nitrogen and oxygen atoms in total. The van der Waals surface area contributed by atoms with Gasteiger partial charge in [-0.2, -0.15) is 4.37 Å². The zero-order chi connectivity index (χ0) is 18.5. The summed E-state index contributed by atoms with van der Waals surface area (Å²) >= 11 is 1.11. The Bertz CT molecular complexity index is 1050. The van der Waals surface area contributed by atoms with E-state index >= 15 is 0 Å². The number of amides is 1. The average Bonchev–Trinajstić information content (AvgIpc) is 3.00. The molecule has 9 heteroatoms. The van der Waals surface area contributed by atoms with Gasteiger partial charge in [0.25, 0.3) is 11.5 Å². The highest BCUT2D eigenvalue weighted by molar-refractivity contribution is 7.13. The predicted molar refractivity (Wildman–Crippen MR) is 93.4 cm³/mol. The lowest BCUT2D eigenvalue weighted by Gasteiger charge is -2.38. The van der Waals surface area contributed by atoms with Crippen LogP contribution in [0.25, 0.3) is 21.5 Å². The number of hydrogen-bond acceptors (Lipinski definition) is 5. The fraction of sp³-hybridized carbons (Fsp3) is 0.294. The van der Waals surface area contributed by atoms with E-state index in [1.807, 2.05) is 31.2 Å². The molecular weight excluding hydrogens is 362 g/mol. The van der Waals surface area contributed by atoms with Crippen LogP contribution >= 0.6 is 11.5 Å². The van der Waals surface area contributed by atoms with E-state index in [-0.39, 0.29) is 6.54 Å². The topological polar surface area (TPSA) is 68.1 Å². The number of likely N-dealkylation sites (tertiary alicyclic amines) is 1. The Morgan fingerprint density at radius 3 is 2.62 bits per heavy atom. The van der Waals surface area contributed by atoms with Crippen LogP contribution in [-0.4, -0.2) is 43.7 Å². The van der Waals surface area contributed by atoms with Gasteiger partial charge in [-0.1, -0.05) is 29.8 Å². The van der Waals surface area contributed by atoms with Gasteiger partial charge in [0.1, 0.15) is 11.9 Å². The molecule has 1 saturated heterocycles. The Balaban J connectivity index is 1.68. The molecule has 0 N–H and O–H groups in total. The number of nitrogens with zero attached hydrogens (tertiary/aromatic N) is 4. The summed E-state index contributed by atoms with van der Waals surface area (Å²) in [6.45, 7) is 0.430. The number of fused-ring (bicyclic) bond motifs is 1. The maximum absolute atomic E-state index is 12.9. The average molecular weight is 376 g/mol. The van der Waals surface area contributed by atoms with E-state index in [1.54, 1.807) is 0 Å². The maximum Gasteiger partial charge on any atom is 0.282 e. The maximum atomic E-state index is 12.9. The second-order valence-corrected chi connectivity index (χ2v) is 7.11. The number of alkyl halides is 2. The molecule has 0 aliphatic carbocycles. The number of aromatic nitrogens is 3. The van der Waals surface area contributed by atoms with Crippen molar-refractivity contribution >= 4 is 27.7 Å². The van der Waals surface area contributed by atoms with Gasteiger partial charge < -0.3 is 4.90 Å². The quantitative estimate of drug-likeness (QED) is 0.704. The van der Waals surface area contributed by atoms with Gasteiger partial charge in [-0.25, -0.2) is 13.8 Å². The Morgan fingerprint density at radius 2 is 1.96 bits per heavy atom. The number of carbonyl (C=O) groups excluding carboxylic acids is 1. The SMILES string of the molecule is Cc1ccc(-c2nsc3ncn(CC(=O)N4CC(F)(F)C4)c(=O)c23)cc1. The second-order valence-electron chi connectivity index (χ2n) is 6.36. The molecule has 26 heavy (non-hydrogen) atoms. The van der Waals surface area contributed by atoms with Crippen LogP contribution in [0.4, 0.5) is 8.78 Å². The first-order valence-corrected chi connectivity index (χ1v) is 8.69. The number of aryl methyl sites for hydroxylation is 1. The minimum absolute atomic E-state index is 0.318. The van der Waals surface area contributed by atoms with E-state index in [4.69, 9.17) is 0 Å².